The molecule has 0 saturated carbocycles. The number of hydrogen-bond donors (Lipinski definition) is 1. The van der Waals surface area contributed by atoms with Gasteiger partial charge in [-0.2, -0.15) is 10.4 Å². The Balaban J connectivity index is 0.00000320. The second kappa shape index (κ2) is 11.0. The Morgan fingerprint density at radius 3 is 2.78 bits per heavy atom. The van der Waals surface area contributed by atoms with Crippen LogP contribution in [0.2, 0.25) is 10.0 Å². The zero-order valence-corrected chi connectivity index (χ0v) is 22.9. The summed E-state index contributed by atoms with van der Waals surface area (Å²) in [5.41, 5.74) is 9.57. The lowest BCUT2D eigenvalue weighted by molar-refractivity contribution is -0.123. The largest absolute Gasteiger partial charge is 0.368 e. The molecule has 1 amide bonds. The van der Waals surface area contributed by atoms with E-state index in [9.17, 15) is 10.1 Å². The summed E-state index contributed by atoms with van der Waals surface area (Å²) >= 11 is 12.5. The van der Waals surface area contributed by atoms with E-state index in [4.69, 9.17) is 33.9 Å². The third kappa shape index (κ3) is 5.06. The summed E-state index contributed by atoms with van der Waals surface area (Å²) in [7, 11) is 0. The lowest BCUT2D eigenvalue weighted by atomic mass is 9.83. The lowest BCUT2D eigenvalue weighted by Crippen LogP contribution is -2.48. The van der Waals surface area contributed by atoms with Crippen LogP contribution in [0.1, 0.15) is 62.5 Å². The topological polar surface area (TPSA) is 114 Å². The number of amides is 1. The first-order chi connectivity index (χ1) is 17.3. The number of halogens is 3. The summed E-state index contributed by atoms with van der Waals surface area (Å²) < 4.78 is 1.71. The third-order valence-corrected chi connectivity index (χ3v) is 8.03. The number of likely N-dealkylation sites (tertiary alicyclic amines) is 1. The second-order valence-corrected chi connectivity index (χ2v) is 10.5. The molecule has 37 heavy (non-hydrogen) atoms. The molecule has 8 nitrogen and oxygen atoms in total. The van der Waals surface area contributed by atoms with Gasteiger partial charge in [0.25, 0.3) is 0 Å². The Labute approximate surface area is 231 Å². The van der Waals surface area contributed by atoms with E-state index in [2.05, 4.69) is 34.1 Å². The van der Waals surface area contributed by atoms with E-state index >= 15 is 0 Å². The molecule has 0 radical (unpaired) electrons. The molecule has 5 rings (SSSR count). The number of primary amides is 1. The van der Waals surface area contributed by atoms with Gasteiger partial charge in [-0.1, -0.05) is 42.3 Å². The fourth-order valence-corrected chi connectivity index (χ4v) is 6.17. The number of nitriles is 1. The molecule has 2 aromatic heterocycles. The summed E-state index contributed by atoms with van der Waals surface area (Å²) in [6.07, 6.45) is 7.37. The highest BCUT2D eigenvalue weighted by molar-refractivity contribution is 6.35. The number of aromatic nitrogens is 4. The van der Waals surface area contributed by atoms with E-state index in [0.29, 0.717) is 27.1 Å². The van der Waals surface area contributed by atoms with Crippen LogP contribution >= 0.6 is 35.6 Å². The molecular formula is C26H28Cl3N7O. The average Bonchev–Trinajstić information content (AvgIpc) is 3.48. The average molecular weight is 561 g/mol. The first-order valence-electron chi connectivity index (χ1n) is 12.1. The number of fused-ring (bicyclic) bond motifs is 1. The maximum atomic E-state index is 11.9. The molecule has 1 fully saturated rings. The van der Waals surface area contributed by atoms with Gasteiger partial charge in [-0.3, -0.25) is 9.69 Å². The molecule has 194 valence electrons. The predicted molar refractivity (Wildman–Crippen MR) is 147 cm³/mol. The zero-order chi connectivity index (χ0) is 25.6. The fraction of sp³-hybridized carbons (Fsp3) is 0.423. The highest BCUT2D eigenvalue weighted by atomic mass is 35.5. The number of nitrogens with two attached hydrogens (primary N) is 1. The Bertz CT molecular complexity index is 1410. The van der Waals surface area contributed by atoms with Crippen LogP contribution in [0.3, 0.4) is 0 Å². The molecular weight excluding hydrogens is 533 g/mol. The van der Waals surface area contributed by atoms with Crippen molar-refractivity contribution in [3.8, 4) is 6.07 Å². The van der Waals surface area contributed by atoms with E-state index in [1.54, 1.807) is 23.0 Å². The Morgan fingerprint density at radius 2 is 2.11 bits per heavy atom. The van der Waals surface area contributed by atoms with E-state index in [1.807, 2.05) is 13.0 Å². The van der Waals surface area contributed by atoms with Crippen LogP contribution < -0.4 is 5.73 Å². The van der Waals surface area contributed by atoms with Gasteiger partial charge < -0.3 is 5.73 Å². The highest BCUT2D eigenvalue weighted by Crippen LogP contribution is 2.37. The zero-order valence-electron chi connectivity index (χ0n) is 20.6. The van der Waals surface area contributed by atoms with Crippen molar-refractivity contribution in [1.82, 2.24) is 24.6 Å². The van der Waals surface area contributed by atoms with Crippen LogP contribution in [0.5, 0.6) is 0 Å². The van der Waals surface area contributed by atoms with E-state index < -0.39 is 0 Å². The van der Waals surface area contributed by atoms with Crippen LogP contribution in [-0.4, -0.2) is 49.2 Å². The Kier molecular flexibility index (Phi) is 8.10. The van der Waals surface area contributed by atoms with Gasteiger partial charge in [0, 0.05) is 16.1 Å². The SMILES string of the molecule is C[C@H](c1ccc(Cl)cc1Cl)n1nc(C#N)c2ncc(C3=CC[C@@H](N4CCCC4C(N)=O)[C@@H](C)C3)nc21.Cl. The van der Waals surface area contributed by atoms with Gasteiger partial charge in [-0.25, -0.2) is 14.6 Å². The minimum atomic E-state index is -0.284. The third-order valence-electron chi connectivity index (χ3n) is 7.47. The van der Waals surface area contributed by atoms with Gasteiger partial charge in [0.05, 0.1) is 24.0 Å². The fourth-order valence-electron chi connectivity index (χ4n) is 5.61. The van der Waals surface area contributed by atoms with Gasteiger partial charge >= 0.3 is 0 Å². The molecule has 3 aromatic rings. The van der Waals surface area contributed by atoms with Gasteiger partial charge in [-0.15, -0.1) is 12.4 Å². The maximum absolute atomic E-state index is 11.9. The van der Waals surface area contributed by atoms with Crippen molar-refractivity contribution in [2.45, 2.75) is 57.7 Å². The number of nitrogens with zero attached hydrogens (tertiary/aromatic N) is 6. The van der Waals surface area contributed by atoms with E-state index in [-0.39, 0.29) is 42.1 Å². The molecule has 1 aliphatic heterocycles. The molecule has 11 heteroatoms. The molecule has 1 aromatic carbocycles. The van der Waals surface area contributed by atoms with Crippen molar-refractivity contribution in [2.24, 2.45) is 11.7 Å². The molecule has 3 heterocycles. The summed E-state index contributed by atoms with van der Waals surface area (Å²) in [6.45, 7) is 5.07. The van der Waals surface area contributed by atoms with Crippen molar-refractivity contribution in [1.29, 1.82) is 5.26 Å². The first kappa shape index (κ1) is 27.3. The molecule has 1 saturated heterocycles. The number of rotatable bonds is 5. The number of allylic oxidation sites excluding steroid dienone is 1. The van der Waals surface area contributed by atoms with Crippen molar-refractivity contribution in [3.63, 3.8) is 0 Å². The summed E-state index contributed by atoms with van der Waals surface area (Å²) in [6, 6.07) is 7.27. The summed E-state index contributed by atoms with van der Waals surface area (Å²) in [4.78, 5) is 23.7. The molecule has 1 aliphatic carbocycles. The van der Waals surface area contributed by atoms with E-state index in [0.717, 1.165) is 49.1 Å². The summed E-state index contributed by atoms with van der Waals surface area (Å²) in [5.74, 6) is 0.0936. The van der Waals surface area contributed by atoms with Crippen molar-refractivity contribution in [3.05, 3.63) is 57.5 Å². The van der Waals surface area contributed by atoms with Crippen LogP contribution in [0.25, 0.3) is 16.7 Å². The normalized spacial score (nSPS) is 22.8. The van der Waals surface area contributed by atoms with Crippen molar-refractivity contribution < 1.29 is 4.79 Å². The van der Waals surface area contributed by atoms with Gasteiger partial charge in [0.2, 0.25) is 5.91 Å². The first-order valence-corrected chi connectivity index (χ1v) is 12.9. The highest BCUT2D eigenvalue weighted by Gasteiger charge is 2.37. The maximum Gasteiger partial charge on any atom is 0.234 e. The van der Waals surface area contributed by atoms with Crippen LogP contribution in [0, 0.1) is 17.2 Å². The quantitative estimate of drug-likeness (QED) is 0.461. The predicted octanol–water partition coefficient (Wildman–Crippen LogP) is 5.17. The van der Waals surface area contributed by atoms with Crippen LogP contribution in [0.15, 0.2) is 30.5 Å². The Morgan fingerprint density at radius 1 is 1.32 bits per heavy atom. The number of hydrogen-bond acceptors (Lipinski definition) is 6. The minimum Gasteiger partial charge on any atom is -0.368 e. The molecule has 1 unspecified atom stereocenters. The molecule has 0 bridgehead atoms. The van der Waals surface area contributed by atoms with E-state index in [1.165, 1.54) is 0 Å². The lowest BCUT2D eigenvalue weighted by Gasteiger charge is -2.38. The molecule has 4 atom stereocenters. The van der Waals surface area contributed by atoms with Crippen LogP contribution in [0.4, 0.5) is 0 Å². The molecule has 0 spiro atoms. The monoisotopic (exact) mass is 559 g/mol. The smallest absolute Gasteiger partial charge is 0.234 e. The number of carbonyl (C=O) groups excluding carboxylic acids is 1. The molecule has 2 N–H and O–H groups in total. The number of carbonyl (C=O) groups is 1. The van der Waals surface area contributed by atoms with Gasteiger partial charge in [-0.05, 0) is 68.3 Å². The second-order valence-electron chi connectivity index (χ2n) is 9.69. The number of benzene rings is 1. The Hall–Kier alpha value is -2.70. The summed E-state index contributed by atoms with van der Waals surface area (Å²) in [5, 5.41) is 15.2. The van der Waals surface area contributed by atoms with Gasteiger partial charge in [0.1, 0.15) is 11.6 Å². The van der Waals surface area contributed by atoms with Gasteiger partial charge in [0.15, 0.2) is 11.3 Å². The van der Waals surface area contributed by atoms with Crippen molar-refractivity contribution >= 4 is 58.3 Å². The minimum absolute atomic E-state index is 0. The van der Waals surface area contributed by atoms with Crippen LogP contribution in [-0.2, 0) is 4.79 Å². The van der Waals surface area contributed by atoms with Crippen molar-refractivity contribution in [2.75, 3.05) is 6.54 Å². The standard InChI is InChI=1S/C26H27Cl2N7O.ClH/c1-14-10-16(5-8-22(14)34-9-3-4-23(34)25(30)36)21-13-31-24-20(12-29)33-35(26(24)32-21)15(2)18-7-6-17(27)11-19(18)28;/h5-7,11,13-15,22-23H,3-4,8-10H2,1-2H3,(H2,30,36);1H/t14-,15+,22+,23?;/m0./s1. The molecule has 2 aliphatic rings.